The fraction of sp³-hybridized carbons (Fsp3) is 0.0625. The van der Waals surface area contributed by atoms with Crippen LogP contribution in [0.3, 0.4) is 0 Å². The van der Waals surface area contributed by atoms with E-state index in [-0.39, 0.29) is 6.09 Å². The number of hydrogen-bond donors (Lipinski definition) is 0. The van der Waals surface area contributed by atoms with E-state index in [9.17, 15) is 4.79 Å². The van der Waals surface area contributed by atoms with E-state index in [2.05, 4.69) is 0 Å². The normalized spacial score (nSPS) is 10.6. The summed E-state index contributed by atoms with van der Waals surface area (Å²) in [5.74, 6) is 0. The molecule has 19 heavy (non-hydrogen) atoms. The topological polar surface area (TPSA) is 31.2 Å². The average Bonchev–Trinajstić information content (AvgIpc) is 2.91. The number of carbonyl (C=O) groups excluding carboxylic acids is 1. The molecule has 0 radical (unpaired) electrons. The Morgan fingerprint density at radius 2 is 1.79 bits per heavy atom. The number of hydrogen-bond acceptors (Lipinski definition) is 2. The van der Waals surface area contributed by atoms with Gasteiger partial charge in [-0.15, -0.1) is 0 Å². The summed E-state index contributed by atoms with van der Waals surface area (Å²) in [4.78, 5) is 11.8. The average molecular weight is 251 g/mol. The summed E-state index contributed by atoms with van der Waals surface area (Å²) in [6.07, 6.45) is 1.36. The van der Waals surface area contributed by atoms with Crippen molar-refractivity contribution in [2.45, 2.75) is 0 Å². The van der Waals surface area contributed by atoms with Crippen LogP contribution in [0.1, 0.15) is 0 Å². The van der Waals surface area contributed by atoms with Crippen molar-refractivity contribution in [1.29, 1.82) is 0 Å². The third-order valence-corrected chi connectivity index (χ3v) is 3.17. The lowest BCUT2D eigenvalue weighted by Gasteiger charge is -2.08. The van der Waals surface area contributed by atoms with E-state index in [1.54, 1.807) is 6.20 Å². The first-order valence-corrected chi connectivity index (χ1v) is 6.05. The van der Waals surface area contributed by atoms with Gasteiger partial charge in [0.1, 0.15) is 0 Å². The van der Waals surface area contributed by atoms with Crippen LogP contribution in [0.15, 0.2) is 60.8 Å². The van der Waals surface area contributed by atoms with Crippen LogP contribution in [0.4, 0.5) is 4.79 Å². The summed E-state index contributed by atoms with van der Waals surface area (Å²) in [6.45, 7) is 0. The standard InChI is InChI=1S/C16H13NO2/c1-19-16(18)17-11-10-13-8-5-9-14(15(13)17)12-6-3-2-4-7-12/h2-11H,1H3. The van der Waals surface area contributed by atoms with Crippen LogP contribution in [0.2, 0.25) is 0 Å². The minimum absolute atomic E-state index is 0.376. The second kappa shape index (κ2) is 4.61. The molecule has 0 atom stereocenters. The summed E-state index contributed by atoms with van der Waals surface area (Å²) < 4.78 is 6.36. The molecule has 0 saturated heterocycles. The van der Waals surface area contributed by atoms with Gasteiger partial charge in [0.15, 0.2) is 0 Å². The highest BCUT2D eigenvalue weighted by atomic mass is 16.5. The molecule has 1 heterocycles. The summed E-state index contributed by atoms with van der Waals surface area (Å²) in [5.41, 5.74) is 2.98. The van der Waals surface area contributed by atoms with Crippen molar-refractivity contribution >= 4 is 17.0 Å². The molecule has 0 aliphatic carbocycles. The highest BCUT2D eigenvalue weighted by Gasteiger charge is 2.12. The molecule has 0 aliphatic heterocycles. The van der Waals surface area contributed by atoms with Crippen LogP contribution in [0, 0.1) is 0 Å². The molecule has 0 spiro atoms. The third kappa shape index (κ3) is 1.89. The molecule has 3 heteroatoms. The molecule has 3 rings (SSSR count). The van der Waals surface area contributed by atoms with Gasteiger partial charge >= 0.3 is 6.09 Å². The SMILES string of the molecule is COC(=O)n1ccc2cccc(-c3ccccc3)c21. The molecule has 0 aliphatic rings. The fourth-order valence-electron chi connectivity index (χ4n) is 2.30. The predicted octanol–water partition coefficient (Wildman–Crippen LogP) is 3.92. The van der Waals surface area contributed by atoms with Gasteiger partial charge < -0.3 is 4.74 Å². The van der Waals surface area contributed by atoms with Crippen molar-refractivity contribution in [2.24, 2.45) is 0 Å². The first-order valence-electron chi connectivity index (χ1n) is 6.05. The van der Waals surface area contributed by atoms with Gasteiger partial charge in [0.25, 0.3) is 0 Å². The van der Waals surface area contributed by atoms with E-state index < -0.39 is 0 Å². The molecule has 1 aromatic heterocycles. The fourth-order valence-corrected chi connectivity index (χ4v) is 2.30. The van der Waals surface area contributed by atoms with Gasteiger partial charge in [-0.25, -0.2) is 4.79 Å². The lowest BCUT2D eigenvalue weighted by molar-refractivity contribution is 0.174. The van der Waals surface area contributed by atoms with E-state index in [4.69, 9.17) is 4.74 Å². The molecule has 94 valence electrons. The maximum absolute atomic E-state index is 11.8. The van der Waals surface area contributed by atoms with Crippen LogP contribution in [0.5, 0.6) is 0 Å². The molecule has 0 N–H and O–H groups in total. The first kappa shape index (κ1) is 11.5. The second-order valence-corrected chi connectivity index (χ2v) is 4.27. The Kier molecular flexibility index (Phi) is 2.80. The first-order chi connectivity index (χ1) is 9.31. The van der Waals surface area contributed by atoms with Gasteiger partial charge in [-0.3, -0.25) is 4.57 Å². The molecule has 0 fully saturated rings. The smallest absolute Gasteiger partial charge is 0.418 e. The number of rotatable bonds is 1. The van der Waals surface area contributed by atoms with Gasteiger partial charge in [0.2, 0.25) is 0 Å². The Labute approximate surface area is 111 Å². The van der Waals surface area contributed by atoms with E-state index in [0.717, 1.165) is 22.0 Å². The molecule has 3 nitrogen and oxygen atoms in total. The molecule has 0 saturated carbocycles. The van der Waals surface area contributed by atoms with Crippen LogP contribution in [0.25, 0.3) is 22.0 Å². The zero-order valence-electron chi connectivity index (χ0n) is 10.5. The monoisotopic (exact) mass is 251 g/mol. The summed E-state index contributed by atoms with van der Waals surface area (Å²) in [7, 11) is 1.39. The lowest BCUT2D eigenvalue weighted by atomic mass is 10.0. The Hall–Kier alpha value is -2.55. The number of para-hydroxylation sites is 1. The third-order valence-electron chi connectivity index (χ3n) is 3.17. The quantitative estimate of drug-likeness (QED) is 0.656. The molecule has 3 aromatic rings. The largest absolute Gasteiger partial charge is 0.452 e. The number of nitrogens with zero attached hydrogens (tertiary/aromatic N) is 1. The Bertz CT molecular complexity index is 729. The number of fused-ring (bicyclic) bond motifs is 1. The zero-order chi connectivity index (χ0) is 13.2. The minimum atomic E-state index is -0.376. The molecule has 0 amide bonds. The van der Waals surface area contributed by atoms with E-state index in [1.807, 2.05) is 54.6 Å². The highest BCUT2D eigenvalue weighted by Crippen LogP contribution is 2.29. The molecule has 0 bridgehead atoms. The van der Waals surface area contributed by atoms with Crippen LogP contribution >= 0.6 is 0 Å². The van der Waals surface area contributed by atoms with Gasteiger partial charge in [-0.1, -0.05) is 48.5 Å². The summed E-state index contributed by atoms with van der Waals surface area (Å²) in [5, 5.41) is 1.02. The predicted molar refractivity (Wildman–Crippen MR) is 75.2 cm³/mol. The van der Waals surface area contributed by atoms with Crippen molar-refractivity contribution < 1.29 is 9.53 Å². The number of carbonyl (C=O) groups is 1. The number of aromatic nitrogens is 1. The zero-order valence-corrected chi connectivity index (χ0v) is 10.5. The van der Waals surface area contributed by atoms with E-state index in [0.29, 0.717) is 0 Å². The summed E-state index contributed by atoms with van der Waals surface area (Å²) in [6, 6.07) is 17.9. The second-order valence-electron chi connectivity index (χ2n) is 4.27. The summed E-state index contributed by atoms with van der Waals surface area (Å²) >= 11 is 0. The maximum Gasteiger partial charge on any atom is 0.418 e. The van der Waals surface area contributed by atoms with Gasteiger partial charge in [0.05, 0.1) is 12.6 Å². The maximum atomic E-state index is 11.8. The van der Waals surface area contributed by atoms with Crippen molar-refractivity contribution in [2.75, 3.05) is 7.11 Å². The Balaban J connectivity index is 2.31. The number of ether oxygens (including phenoxy) is 1. The molecular weight excluding hydrogens is 238 g/mol. The highest BCUT2D eigenvalue weighted by molar-refractivity contribution is 5.99. The molecular formula is C16H13NO2. The number of benzene rings is 2. The van der Waals surface area contributed by atoms with Crippen LogP contribution < -0.4 is 0 Å². The van der Waals surface area contributed by atoms with E-state index >= 15 is 0 Å². The molecule has 0 unspecified atom stereocenters. The Morgan fingerprint density at radius 3 is 2.53 bits per heavy atom. The van der Waals surface area contributed by atoms with Crippen molar-refractivity contribution in [3.8, 4) is 11.1 Å². The van der Waals surface area contributed by atoms with Crippen molar-refractivity contribution in [3.63, 3.8) is 0 Å². The van der Waals surface area contributed by atoms with E-state index in [1.165, 1.54) is 11.7 Å². The number of methoxy groups -OCH3 is 1. The lowest BCUT2D eigenvalue weighted by Crippen LogP contribution is -2.10. The van der Waals surface area contributed by atoms with Gasteiger partial charge in [-0.2, -0.15) is 0 Å². The van der Waals surface area contributed by atoms with Crippen LogP contribution in [-0.2, 0) is 4.74 Å². The van der Waals surface area contributed by atoms with Crippen LogP contribution in [-0.4, -0.2) is 17.8 Å². The molecule has 2 aromatic carbocycles. The minimum Gasteiger partial charge on any atom is -0.452 e. The van der Waals surface area contributed by atoms with Gasteiger partial charge in [0, 0.05) is 17.1 Å². The van der Waals surface area contributed by atoms with Gasteiger partial charge in [-0.05, 0) is 11.6 Å². The van der Waals surface area contributed by atoms with Crippen molar-refractivity contribution in [1.82, 2.24) is 4.57 Å². The van der Waals surface area contributed by atoms with Crippen molar-refractivity contribution in [3.05, 3.63) is 60.8 Å². The Morgan fingerprint density at radius 1 is 1.00 bits per heavy atom.